The fourth-order valence-electron chi connectivity index (χ4n) is 2.94. The first-order valence-corrected chi connectivity index (χ1v) is 7.49. The lowest BCUT2D eigenvalue weighted by molar-refractivity contribution is 0.254. The molecule has 0 saturated carbocycles. The first kappa shape index (κ1) is 13.2. The topological polar surface area (TPSA) is 15.3 Å². The van der Waals surface area contributed by atoms with E-state index in [4.69, 9.17) is 0 Å². The molecular weight excluding hydrogens is 244 g/mol. The predicted molar refractivity (Wildman–Crippen MR) is 84.8 cm³/mol. The lowest BCUT2D eigenvalue weighted by Gasteiger charge is -2.25. The molecule has 2 heteroatoms. The third-order valence-corrected chi connectivity index (χ3v) is 4.04. The van der Waals surface area contributed by atoms with Gasteiger partial charge in [0.2, 0.25) is 0 Å². The van der Waals surface area contributed by atoms with Crippen LogP contribution in [0.2, 0.25) is 0 Å². The van der Waals surface area contributed by atoms with Gasteiger partial charge in [-0.15, -0.1) is 0 Å². The van der Waals surface area contributed by atoms with Crippen molar-refractivity contribution in [3.05, 3.63) is 66.2 Å². The molecule has 2 aromatic carbocycles. The lowest BCUT2D eigenvalue weighted by Crippen LogP contribution is -2.34. The number of hydrogen-bond donors (Lipinski definition) is 1. The van der Waals surface area contributed by atoms with Crippen molar-refractivity contribution in [2.24, 2.45) is 0 Å². The molecule has 1 N–H and O–H groups in total. The smallest absolute Gasteiger partial charge is 0.0340 e. The van der Waals surface area contributed by atoms with Crippen LogP contribution in [0, 0.1) is 0 Å². The summed E-state index contributed by atoms with van der Waals surface area (Å²) >= 11 is 0. The molecule has 20 heavy (non-hydrogen) atoms. The van der Waals surface area contributed by atoms with Crippen LogP contribution >= 0.6 is 0 Å². The van der Waals surface area contributed by atoms with E-state index in [9.17, 15) is 0 Å². The van der Waals surface area contributed by atoms with Crippen LogP contribution in [0.5, 0.6) is 0 Å². The van der Waals surface area contributed by atoms with Gasteiger partial charge in [0, 0.05) is 24.8 Å². The highest BCUT2D eigenvalue weighted by atomic mass is 15.2. The molecule has 104 valence electrons. The Morgan fingerprint density at radius 3 is 2.40 bits per heavy atom. The summed E-state index contributed by atoms with van der Waals surface area (Å²) in [6.07, 6.45) is 2.61. The maximum atomic E-state index is 3.56. The Balaban J connectivity index is 1.56. The second kappa shape index (κ2) is 6.58. The van der Waals surface area contributed by atoms with E-state index >= 15 is 0 Å². The van der Waals surface area contributed by atoms with E-state index in [0.29, 0.717) is 6.04 Å². The van der Waals surface area contributed by atoms with E-state index in [1.54, 1.807) is 0 Å². The van der Waals surface area contributed by atoms with Crippen molar-refractivity contribution in [1.29, 1.82) is 0 Å². The SMILES string of the molecule is c1ccc(CN2CCC[C@H]2CNc2ccccc2)cc1. The van der Waals surface area contributed by atoms with Crippen molar-refractivity contribution >= 4 is 5.69 Å². The van der Waals surface area contributed by atoms with Gasteiger partial charge < -0.3 is 5.32 Å². The Morgan fingerprint density at radius 1 is 0.950 bits per heavy atom. The van der Waals surface area contributed by atoms with Gasteiger partial charge in [0.25, 0.3) is 0 Å². The number of hydrogen-bond acceptors (Lipinski definition) is 2. The van der Waals surface area contributed by atoms with Crippen LogP contribution in [0.25, 0.3) is 0 Å². The largest absolute Gasteiger partial charge is 0.383 e. The molecule has 1 atom stereocenters. The molecule has 0 unspecified atom stereocenters. The Labute approximate surface area is 121 Å². The van der Waals surface area contributed by atoms with Crippen molar-refractivity contribution in [1.82, 2.24) is 4.90 Å². The molecule has 2 nitrogen and oxygen atoms in total. The maximum absolute atomic E-state index is 3.56. The van der Waals surface area contributed by atoms with Crippen LogP contribution in [0.3, 0.4) is 0 Å². The van der Waals surface area contributed by atoms with Gasteiger partial charge in [-0.05, 0) is 37.1 Å². The highest BCUT2D eigenvalue weighted by Crippen LogP contribution is 2.20. The zero-order valence-corrected chi connectivity index (χ0v) is 11.8. The quantitative estimate of drug-likeness (QED) is 0.886. The summed E-state index contributed by atoms with van der Waals surface area (Å²) in [4.78, 5) is 2.60. The minimum atomic E-state index is 0.649. The Bertz CT molecular complexity index is 509. The van der Waals surface area contributed by atoms with Crippen LogP contribution in [0.1, 0.15) is 18.4 Å². The molecule has 1 heterocycles. The second-order valence-corrected chi connectivity index (χ2v) is 5.50. The van der Waals surface area contributed by atoms with Gasteiger partial charge in [0.1, 0.15) is 0 Å². The lowest BCUT2D eigenvalue weighted by atomic mass is 10.1. The number of nitrogens with zero attached hydrogens (tertiary/aromatic N) is 1. The summed E-state index contributed by atoms with van der Waals surface area (Å²) in [5.74, 6) is 0. The van der Waals surface area contributed by atoms with E-state index in [1.165, 1.54) is 30.6 Å². The first-order chi connectivity index (χ1) is 9.92. The van der Waals surface area contributed by atoms with Crippen molar-refractivity contribution in [2.75, 3.05) is 18.4 Å². The minimum Gasteiger partial charge on any atom is -0.383 e. The normalized spacial score (nSPS) is 19.1. The summed E-state index contributed by atoms with van der Waals surface area (Å²) in [7, 11) is 0. The summed E-state index contributed by atoms with van der Waals surface area (Å²) < 4.78 is 0. The highest BCUT2D eigenvalue weighted by Gasteiger charge is 2.23. The second-order valence-electron chi connectivity index (χ2n) is 5.50. The number of benzene rings is 2. The van der Waals surface area contributed by atoms with Crippen LogP contribution < -0.4 is 5.32 Å². The first-order valence-electron chi connectivity index (χ1n) is 7.49. The third kappa shape index (κ3) is 3.40. The monoisotopic (exact) mass is 266 g/mol. The predicted octanol–water partition coefficient (Wildman–Crippen LogP) is 3.76. The van der Waals surface area contributed by atoms with E-state index in [1.807, 2.05) is 0 Å². The Morgan fingerprint density at radius 2 is 1.65 bits per heavy atom. The minimum absolute atomic E-state index is 0.649. The van der Waals surface area contributed by atoms with E-state index < -0.39 is 0 Å². The standard InChI is InChI=1S/C18H22N2/c1-3-8-16(9-4-1)15-20-13-7-12-18(20)14-19-17-10-5-2-6-11-17/h1-6,8-11,18-19H,7,12-15H2/t18-/m0/s1. The van der Waals surface area contributed by atoms with Crippen LogP contribution in [0.15, 0.2) is 60.7 Å². The molecule has 0 radical (unpaired) electrons. The molecule has 0 bridgehead atoms. The molecule has 3 rings (SSSR count). The van der Waals surface area contributed by atoms with E-state index in [-0.39, 0.29) is 0 Å². The van der Waals surface area contributed by atoms with Gasteiger partial charge in [-0.25, -0.2) is 0 Å². The average molecular weight is 266 g/mol. The molecular formula is C18H22N2. The number of rotatable bonds is 5. The maximum Gasteiger partial charge on any atom is 0.0340 e. The molecule has 2 aromatic rings. The number of anilines is 1. The van der Waals surface area contributed by atoms with Gasteiger partial charge in [-0.2, -0.15) is 0 Å². The molecule has 1 saturated heterocycles. The van der Waals surface area contributed by atoms with Gasteiger partial charge in [0.05, 0.1) is 0 Å². The summed E-state index contributed by atoms with van der Waals surface area (Å²) in [6, 6.07) is 21.9. The Kier molecular flexibility index (Phi) is 4.34. The number of nitrogens with one attached hydrogen (secondary N) is 1. The van der Waals surface area contributed by atoms with Gasteiger partial charge in [-0.3, -0.25) is 4.90 Å². The Hall–Kier alpha value is -1.80. The van der Waals surface area contributed by atoms with Crippen molar-refractivity contribution < 1.29 is 0 Å². The van der Waals surface area contributed by atoms with Crippen LogP contribution in [0.4, 0.5) is 5.69 Å². The molecule has 0 aliphatic carbocycles. The molecule has 0 spiro atoms. The molecule has 0 amide bonds. The van der Waals surface area contributed by atoms with E-state index in [2.05, 4.69) is 70.9 Å². The summed E-state index contributed by atoms with van der Waals surface area (Å²) in [5.41, 5.74) is 2.64. The molecule has 1 aliphatic heterocycles. The highest BCUT2D eigenvalue weighted by molar-refractivity contribution is 5.42. The zero-order chi connectivity index (χ0) is 13.6. The molecule has 1 aliphatic rings. The number of para-hydroxylation sites is 1. The van der Waals surface area contributed by atoms with Crippen LogP contribution in [-0.2, 0) is 6.54 Å². The van der Waals surface area contributed by atoms with Crippen LogP contribution in [-0.4, -0.2) is 24.0 Å². The molecule has 1 fully saturated rings. The average Bonchev–Trinajstić information content (AvgIpc) is 2.94. The number of likely N-dealkylation sites (tertiary alicyclic amines) is 1. The zero-order valence-electron chi connectivity index (χ0n) is 11.8. The van der Waals surface area contributed by atoms with Gasteiger partial charge in [0.15, 0.2) is 0 Å². The van der Waals surface area contributed by atoms with Crippen molar-refractivity contribution in [2.45, 2.75) is 25.4 Å². The summed E-state index contributed by atoms with van der Waals surface area (Å²) in [6.45, 7) is 3.33. The third-order valence-electron chi connectivity index (χ3n) is 4.04. The summed E-state index contributed by atoms with van der Waals surface area (Å²) in [5, 5.41) is 3.56. The van der Waals surface area contributed by atoms with Gasteiger partial charge in [-0.1, -0.05) is 48.5 Å². The van der Waals surface area contributed by atoms with Gasteiger partial charge >= 0.3 is 0 Å². The fraction of sp³-hybridized carbons (Fsp3) is 0.333. The van der Waals surface area contributed by atoms with Crippen molar-refractivity contribution in [3.63, 3.8) is 0 Å². The molecule has 0 aromatic heterocycles. The van der Waals surface area contributed by atoms with Crippen molar-refractivity contribution in [3.8, 4) is 0 Å². The fourth-order valence-corrected chi connectivity index (χ4v) is 2.94. The van der Waals surface area contributed by atoms with E-state index in [0.717, 1.165) is 13.1 Å².